The fourth-order valence-electron chi connectivity index (χ4n) is 1.70. The molecule has 92 valence electrons. The zero-order chi connectivity index (χ0) is 10.6. The van der Waals surface area contributed by atoms with Crippen LogP contribution >= 0.6 is 0 Å². The number of fused-ring (bicyclic) bond motifs is 1. The van der Waals surface area contributed by atoms with Crippen LogP contribution in [0.4, 0.5) is 0 Å². The summed E-state index contributed by atoms with van der Waals surface area (Å²) in [7, 11) is 0.750. The van der Waals surface area contributed by atoms with Gasteiger partial charge in [0.25, 0.3) is 0 Å². The summed E-state index contributed by atoms with van der Waals surface area (Å²) in [6.45, 7) is 8.73. The second-order valence-electron chi connectivity index (χ2n) is 3.66. The van der Waals surface area contributed by atoms with Crippen LogP contribution in [-0.2, 0) is 26.2 Å². The van der Waals surface area contributed by atoms with Crippen molar-refractivity contribution in [1.82, 2.24) is 0 Å². The van der Waals surface area contributed by atoms with Crippen LogP contribution in [0.25, 0.3) is 5.57 Å². The minimum absolute atomic E-state index is 0. The molecule has 0 amide bonds. The van der Waals surface area contributed by atoms with Gasteiger partial charge >= 0.3 is 26.2 Å². The summed E-state index contributed by atoms with van der Waals surface area (Å²) in [6.07, 6.45) is 3.40. The average Bonchev–Trinajstić information content (AvgIpc) is 2.45. The molecule has 1 unspecified atom stereocenters. The number of halogens is 2. The van der Waals surface area contributed by atoms with Crippen molar-refractivity contribution in [2.24, 2.45) is 0 Å². The molecule has 0 N–H and O–H groups in total. The van der Waals surface area contributed by atoms with Crippen LogP contribution in [0, 0.1) is 6.08 Å². The van der Waals surface area contributed by atoms with Crippen LogP contribution < -0.4 is 24.8 Å². The van der Waals surface area contributed by atoms with Gasteiger partial charge in [0.15, 0.2) is 0 Å². The molecule has 1 aromatic carbocycles. The van der Waals surface area contributed by atoms with E-state index in [2.05, 4.69) is 57.3 Å². The molecule has 0 heterocycles. The molecule has 0 aromatic heterocycles. The Morgan fingerprint density at radius 2 is 1.59 bits per heavy atom. The normalized spacial score (nSPS) is 14.8. The van der Waals surface area contributed by atoms with Gasteiger partial charge in [0.2, 0.25) is 0 Å². The fraction of sp³-hybridized carbons (Fsp3) is 0.385. The summed E-state index contributed by atoms with van der Waals surface area (Å²) in [6, 6.07) is 8.53. The fourth-order valence-corrected chi connectivity index (χ4v) is 1.70. The second kappa shape index (κ2) is 11.7. The first-order valence-electron chi connectivity index (χ1n) is 5.14. The largest absolute Gasteiger partial charge is 3.00 e. The maximum Gasteiger partial charge on any atom is 3.00 e. The van der Waals surface area contributed by atoms with Crippen LogP contribution in [0.3, 0.4) is 0 Å². The van der Waals surface area contributed by atoms with Gasteiger partial charge in [-0.3, -0.25) is 6.08 Å². The molecule has 0 nitrogen and oxygen atoms in total. The quantitative estimate of drug-likeness (QED) is 0.354. The minimum Gasteiger partial charge on any atom is -1.00 e. The van der Waals surface area contributed by atoms with Crippen molar-refractivity contribution in [1.29, 1.82) is 0 Å². The van der Waals surface area contributed by atoms with Gasteiger partial charge in [-0.1, -0.05) is 51.1 Å². The van der Waals surface area contributed by atoms with E-state index in [0.717, 1.165) is 9.52 Å². The molecule has 2 radical (unpaired) electrons. The van der Waals surface area contributed by atoms with Gasteiger partial charge < -0.3 is 24.8 Å². The summed E-state index contributed by atoms with van der Waals surface area (Å²) < 4.78 is 0. The van der Waals surface area contributed by atoms with E-state index in [9.17, 15) is 0 Å². The van der Waals surface area contributed by atoms with Gasteiger partial charge in [-0.15, -0.1) is 11.6 Å². The molecule has 1 atom stereocenters. The first kappa shape index (κ1) is 22.8. The van der Waals surface area contributed by atoms with Crippen LogP contribution in [-0.4, -0.2) is 9.52 Å². The van der Waals surface area contributed by atoms with Gasteiger partial charge in [0.1, 0.15) is 0 Å². The minimum atomic E-state index is 0. The molecule has 0 fully saturated rings. The van der Waals surface area contributed by atoms with Crippen molar-refractivity contribution in [3.05, 3.63) is 41.5 Å². The summed E-state index contributed by atoms with van der Waals surface area (Å²) in [4.78, 5) is 0. The van der Waals surface area contributed by atoms with Crippen LogP contribution in [0.1, 0.15) is 30.9 Å². The Labute approximate surface area is 139 Å². The molecular formula is C13H18Cl2SiZr. The predicted molar refractivity (Wildman–Crippen MR) is 66.1 cm³/mol. The van der Waals surface area contributed by atoms with E-state index < -0.39 is 0 Å². The Morgan fingerprint density at radius 1 is 1.12 bits per heavy atom. The van der Waals surface area contributed by atoms with Crippen LogP contribution in [0.15, 0.2) is 24.3 Å². The van der Waals surface area contributed by atoms with E-state index in [0.29, 0.717) is 5.92 Å². The summed E-state index contributed by atoms with van der Waals surface area (Å²) in [5, 5.41) is 0. The molecule has 1 aliphatic carbocycles. The zero-order valence-electron chi connectivity index (χ0n) is 10.7. The SMILES string of the molecule is CC1=[C-]C(C)c2ccccc21.C[SiH]C.[Cl-].[Cl-].[Zr+3]. The monoisotopic (exact) mass is 362 g/mol. The average molecular weight is 365 g/mol. The van der Waals surface area contributed by atoms with Crippen LogP contribution in [0.5, 0.6) is 0 Å². The number of benzene rings is 1. The number of hydrogen-bond acceptors (Lipinski definition) is 0. The number of allylic oxidation sites excluding steroid dienone is 2. The first-order chi connectivity index (χ1) is 6.70. The van der Waals surface area contributed by atoms with Crippen molar-refractivity contribution in [3.63, 3.8) is 0 Å². The van der Waals surface area contributed by atoms with Gasteiger partial charge in [-0.2, -0.15) is 5.56 Å². The van der Waals surface area contributed by atoms with E-state index >= 15 is 0 Å². The van der Waals surface area contributed by atoms with Crippen molar-refractivity contribution in [2.75, 3.05) is 0 Å². The van der Waals surface area contributed by atoms with E-state index in [4.69, 9.17) is 0 Å². The molecule has 0 saturated heterocycles. The van der Waals surface area contributed by atoms with E-state index in [1.54, 1.807) is 0 Å². The Kier molecular flexibility index (Phi) is 15.7. The summed E-state index contributed by atoms with van der Waals surface area (Å²) >= 11 is 0. The maximum atomic E-state index is 3.40. The second-order valence-corrected chi connectivity index (χ2v) is 4.81. The van der Waals surface area contributed by atoms with E-state index in [1.165, 1.54) is 16.7 Å². The third kappa shape index (κ3) is 6.38. The van der Waals surface area contributed by atoms with Crippen molar-refractivity contribution < 1.29 is 51.0 Å². The van der Waals surface area contributed by atoms with E-state index in [-0.39, 0.29) is 51.0 Å². The van der Waals surface area contributed by atoms with Gasteiger partial charge in [0.05, 0.1) is 0 Å². The van der Waals surface area contributed by atoms with E-state index in [1.807, 2.05) is 0 Å². The smallest absolute Gasteiger partial charge is 1.00 e. The van der Waals surface area contributed by atoms with Gasteiger partial charge in [0, 0.05) is 9.52 Å². The Balaban J connectivity index is -0.000000300. The van der Waals surface area contributed by atoms with Crippen molar-refractivity contribution in [2.45, 2.75) is 32.9 Å². The topological polar surface area (TPSA) is 0 Å². The third-order valence-corrected chi connectivity index (χ3v) is 2.26. The Bertz CT molecular complexity index is 340. The molecule has 2 rings (SSSR count). The van der Waals surface area contributed by atoms with Gasteiger partial charge in [-0.05, 0) is 0 Å². The Hall–Kier alpha value is 0.640. The standard InChI is InChI=1S/C11H11.C2H7Si.2ClH.Zr/c1-8-7-9(2)11-6-4-3-5-10(8)11;1-3-2;;;/h3-6,8H,1-2H3;3H,1-2H3;2*1H;/q-1;;;;+3/p-2. The predicted octanol–water partition coefficient (Wildman–Crippen LogP) is -2.47. The molecule has 4 heteroatoms. The molecule has 1 aromatic rings. The van der Waals surface area contributed by atoms with Crippen LogP contribution in [0.2, 0.25) is 13.1 Å². The molecule has 0 spiro atoms. The van der Waals surface area contributed by atoms with Crippen molar-refractivity contribution >= 4 is 15.1 Å². The molecule has 0 bridgehead atoms. The van der Waals surface area contributed by atoms with Crippen molar-refractivity contribution in [3.8, 4) is 0 Å². The number of rotatable bonds is 0. The Morgan fingerprint density at radius 3 is 2.06 bits per heavy atom. The molecule has 17 heavy (non-hydrogen) atoms. The molecular weight excluding hydrogens is 346 g/mol. The summed E-state index contributed by atoms with van der Waals surface area (Å²) in [5.41, 5.74) is 4.10. The molecule has 1 aliphatic rings. The number of hydrogen-bond donors (Lipinski definition) is 0. The zero-order valence-corrected chi connectivity index (χ0v) is 15.8. The van der Waals surface area contributed by atoms with Gasteiger partial charge in [-0.25, -0.2) is 5.57 Å². The molecule has 0 saturated carbocycles. The first-order valence-corrected chi connectivity index (χ1v) is 7.45. The summed E-state index contributed by atoms with van der Waals surface area (Å²) in [5.74, 6) is 0.492. The third-order valence-electron chi connectivity index (χ3n) is 2.26. The maximum absolute atomic E-state index is 3.40. The molecule has 0 aliphatic heterocycles.